The predicted octanol–water partition coefficient (Wildman–Crippen LogP) is 4.61. The van der Waals surface area contributed by atoms with Gasteiger partial charge in [0.25, 0.3) is 10.0 Å². The van der Waals surface area contributed by atoms with E-state index in [1.807, 2.05) is 0 Å². The summed E-state index contributed by atoms with van der Waals surface area (Å²) in [5.41, 5.74) is 1.86. The third kappa shape index (κ3) is 2.75. The molecular formula is C20H15F2NO3S. The van der Waals surface area contributed by atoms with E-state index in [0.717, 1.165) is 10.4 Å². The van der Waals surface area contributed by atoms with Crippen molar-refractivity contribution in [1.29, 1.82) is 0 Å². The van der Waals surface area contributed by atoms with Crippen LogP contribution in [0.15, 0.2) is 65.6 Å². The number of anilines is 1. The number of nitrogens with zero attached hydrogens (tertiary/aromatic N) is 1. The van der Waals surface area contributed by atoms with Crippen molar-refractivity contribution < 1.29 is 22.3 Å². The Kier molecular flexibility index (Phi) is 3.92. The maximum Gasteiger partial charge on any atom is 0.264 e. The zero-order valence-electron chi connectivity index (χ0n) is 14.2. The second kappa shape index (κ2) is 6.06. The van der Waals surface area contributed by atoms with E-state index >= 15 is 0 Å². The zero-order chi connectivity index (χ0) is 19.3. The standard InChI is InChI=1S/C20H15F2NO3S/c1-12-19-10-13(21)2-8-17(19)18-9-3-14(22)11-20(18)23(12)27(25,26)16-6-4-15(24)5-7-16/h2-12,24H,1H3. The molecule has 1 atom stereocenters. The molecule has 0 saturated carbocycles. The number of phenolic OH excluding ortho intramolecular Hbond substituents is 1. The first kappa shape index (κ1) is 17.5. The van der Waals surface area contributed by atoms with E-state index in [9.17, 15) is 22.3 Å². The molecule has 1 N–H and O–H groups in total. The summed E-state index contributed by atoms with van der Waals surface area (Å²) in [7, 11) is -4.08. The van der Waals surface area contributed by atoms with Crippen molar-refractivity contribution in [2.45, 2.75) is 17.9 Å². The van der Waals surface area contributed by atoms with Crippen LogP contribution in [-0.4, -0.2) is 13.5 Å². The van der Waals surface area contributed by atoms with Gasteiger partial charge < -0.3 is 5.11 Å². The van der Waals surface area contributed by atoms with Gasteiger partial charge in [-0.3, -0.25) is 4.31 Å². The molecule has 0 aromatic heterocycles. The van der Waals surface area contributed by atoms with E-state index in [1.54, 1.807) is 13.0 Å². The summed E-state index contributed by atoms with van der Waals surface area (Å²) in [6.45, 7) is 1.63. The lowest BCUT2D eigenvalue weighted by atomic mass is 9.90. The van der Waals surface area contributed by atoms with E-state index in [-0.39, 0.29) is 16.3 Å². The van der Waals surface area contributed by atoms with Gasteiger partial charge in [0.05, 0.1) is 16.6 Å². The molecule has 0 radical (unpaired) electrons. The SMILES string of the molecule is CC1c2cc(F)ccc2-c2ccc(F)cc2N1S(=O)(=O)c1ccc(O)cc1. The summed E-state index contributed by atoms with van der Waals surface area (Å²) in [5.74, 6) is -1.12. The largest absolute Gasteiger partial charge is 0.508 e. The molecule has 1 aliphatic heterocycles. The second-order valence-electron chi connectivity index (χ2n) is 6.36. The number of hydrogen-bond donors (Lipinski definition) is 1. The Morgan fingerprint density at radius 1 is 0.889 bits per heavy atom. The molecule has 3 aromatic carbocycles. The van der Waals surface area contributed by atoms with E-state index < -0.39 is 27.7 Å². The maximum atomic E-state index is 14.0. The molecule has 0 aliphatic carbocycles. The molecule has 138 valence electrons. The summed E-state index contributed by atoms with van der Waals surface area (Å²) in [6, 6.07) is 12.4. The zero-order valence-corrected chi connectivity index (χ0v) is 15.0. The normalized spacial score (nSPS) is 16.0. The van der Waals surface area contributed by atoms with Crippen LogP contribution >= 0.6 is 0 Å². The van der Waals surface area contributed by atoms with Crippen LogP contribution in [0.1, 0.15) is 18.5 Å². The van der Waals surface area contributed by atoms with Crippen LogP contribution in [0.25, 0.3) is 11.1 Å². The van der Waals surface area contributed by atoms with Crippen molar-refractivity contribution >= 4 is 15.7 Å². The highest BCUT2D eigenvalue weighted by Gasteiger charge is 2.37. The van der Waals surface area contributed by atoms with Crippen LogP contribution in [0.2, 0.25) is 0 Å². The lowest BCUT2D eigenvalue weighted by molar-refractivity contribution is 0.474. The lowest BCUT2D eigenvalue weighted by Crippen LogP contribution is -2.36. The van der Waals surface area contributed by atoms with Gasteiger partial charge in [0.15, 0.2) is 0 Å². The summed E-state index contributed by atoms with van der Waals surface area (Å²) >= 11 is 0. The van der Waals surface area contributed by atoms with Crippen LogP contribution in [0.5, 0.6) is 5.75 Å². The molecule has 1 unspecified atom stereocenters. The fourth-order valence-electron chi connectivity index (χ4n) is 3.44. The molecule has 4 rings (SSSR count). The van der Waals surface area contributed by atoms with E-state index in [0.29, 0.717) is 16.7 Å². The molecule has 0 bridgehead atoms. The Hall–Kier alpha value is -2.93. The Bertz CT molecular complexity index is 1140. The predicted molar refractivity (Wildman–Crippen MR) is 98.0 cm³/mol. The number of sulfonamides is 1. The fraction of sp³-hybridized carbons (Fsp3) is 0.100. The molecule has 0 amide bonds. The minimum Gasteiger partial charge on any atom is -0.508 e. The number of aromatic hydroxyl groups is 1. The number of benzene rings is 3. The van der Waals surface area contributed by atoms with Gasteiger partial charge >= 0.3 is 0 Å². The van der Waals surface area contributed by atoms with Crippen molar-refractivity contribution in [3.8, 4) is 16.9 Å². The van der Waals surface area contributed by atoms with Gasteiger partial charge in [0.2, 0.25) is 0 Å². The Morgan fingerprint density at radius 2 is 1.48 bits per heavy atom. The summed E-state index contributed by atoms with van der Waals surface area (Å²) < 4.78 is 55.5. The van der Waals surface area contributed by atoms with Gasteiger partial charge in [-0.2, -0.15) is 0 Å². The topological polar surface area (TPSA) is 57.6 Å². The lowest BCUT2D eigenvalue weighted by Gasteiger charge is -2.37. The van der Waals surface area contributed by atoms with Gasteiger partial charge in [-0.1, -0.05) is 6.07 Å². The molecule has 0 fully saturated rings. The van der Waals surface area contributed by atoms with Crippen molar-refractivity contribution in [2.75, 3.05) is 4.31 Å². The quantitative estimate of drug-likeness (QED) is 0.699. The average Bonchev–Trinajstić information content (AvgIpc) is 2.62. The van der Waals surface area contributed by atoms with E-state index in [4.69, 9.17) is 0 Å². The van der Waals surface area contributed by atoms with Gasteiger partial charge in [0, 0.05) is 5.56 Å². The molecule has 27 heavy (non-hydrogen) atoms. The van der Waals surface area contributed by atoms with E-state index in [2.05, 4.69) is 0 Å². The first-order valence-corrected chi connectivity index (χ1v) is 9.66. The Labute approximate surface area is 155 Å². The van der Waals surface area contributed by atoms with Crippen molar-refractivity contribution in [3.63, 3.8) is 0 Å². The molecule has 1 aliphatic rings. The van der Waals surface area contributed by atoms with Gasteiger partial charge in [-0.25, -0.2) is 17.2 Å². The fourth-order valence-corrected chi connectivity index (χ4v) is 5.09. The molecule has 0 spiro atoms. The monoisotopic (exact) mass is 387 g/mol. The molecule has 3 aromatic rings. The Morgan fingerprint density at radius 3 is 2.15 bits per heavy atom. The van der Waals surface area contributed by atoms with Gasteiger partial charge in [-0.05, 0) is 72.6 Å². The molecule has 7 heteroatoms. The van der Waals surface area contributed by atoms with Crippen LogP contribution in [0.3, 0.4) is 0 Å². The van der Waals surface area contributed by atoms with Gasteiger partial charge in [0.1, 0.15) is 17.4 Å². The van der Waals surface area contributed by atoms with Crippen LogP contribution in [-0.2, 0) is 10.0 Å². The molecular weight excluding hydrogens is 372 g/mol. The van der Waals surface area contributed by atoms with Crippen molar-refractivity contribution in [1.82, 2.24) is 0 Å². The first-order chi connectivity index (χ1) is 12.8. The maximum absolute atomic E-state index is 14.0. The van der Waals surface area contributed by atoms with Crippen LogP contribution in [0, 0.1) is 11.6 Å². The summed E-state index contributed by atoms with van der Waals surface area (Å²) in [4.78, 5) is -0.0535. The number of phenols is 1. The minimum atomic E-state index is -4.08. The molecule has 0 saturated heterocycles. The smallest absolute Gasteiger partial charge is 0.264 e. The van der Waals surface area contributed by atoms with E-state index in [1.165, 1.54) is 48.5 Å². The van der Waals surface area contributed by atoms with Crippen LogP contribution in [0.4, 0.5) is 14.5 Å². The van der Waals surface area contributed by atoms with Crippen LogP contribution < -0.4 is 4.31 Å². The molecule has 4 nitrogen and oxygen atoms in total. The second-order valence-corrected chi connectivity index (χ2v) is 8.18. The summed E-state index contributed by atoms with van der Waals surface area (Å²) in [5, 5.41) is 9.44. The Balaban J connectivity index is 1.98. The number of halogens is 2. The summed E-state index contributed by atoms with van der Waals surface area (Å²) in [6.07, 6.45) is 0. The van der Waals surface area contributed by atoms with Crippen molar-refractivity contribution in [2.24, 2.45) is 0 Å². The average molecular weight is 387 g/mol. The molecule has 1 heterocycles. The minimum absolute atomic E-state index is 0.0535. The third-order valence-electron chi connectivity index (χ3n) is 4.70. The highest BCUT2D eigenvalue weighted by atomic mass is 32.2. The number of rotatable bonds is 2. The third-order valence-corrected chi connectivity index (χ3v) is 6.60. The van der Waals surface area contributed by atoms with Gasteiger partial charge in [-0.15, -0.1) is 0 Å². The highest BCUT2D eigenvalue weighted by Crippen LogP contribution is 2.47. The van der Waals surface area contributed by atoms with Crippen molar-refractivity contribution in [3.05, 3.63) is 77.9 Å². The number of hydrogen-bond acceptors (Lipinski definition) is 3. The highest BCUT2D eigenvalue weighted by molar-refractivity contribution is 7.92. The first-order valence-electron chi connectivity index (χ1n) is 8.22. The number of fused-ring (bicyclic) bond motifs is 3.